The maximum Gasteiger partial charge on any atom is 0.412 e. The highest BCUT2D eigenvalue weighted by Gasteiger charge is 2.40. The zero-order valence-electron chi connectivity index (χ0n) is 21.4. The number of carbonyl (C=O) groups is 1. The monoisotopic (exact) mass is 595 g/mol. The average molecular weight is 596 g/mol. The number of benzene rings is 1. The molecular formula is C22H28F3N5O7S2. The molecule has 0 saturated heterocycles. The lowest BCUT2D eigenvalue weighted by atomic mass is 10.2. The van der Waals surface area contributed by atoms with Gasteiger partial charge in [0, 0.05) is 18.3 Å². The van der Waals surface area contributed by atoms with Gasteiger partial charge in [-0.25, -0.2) is 35.4 Å². The largest absolute Gasteiger partial charge is 0.482 e. The number of hydrogen-bond acceptors (Lipinski definition) is 8. The van der Waals surface area contributed by atoms with Gasteiger partial charge in [-0.3, -0.25) is 9.62 Å². The molecule has 1 saturated carbocycles. The number of fused-ring (bicyclic) bond motifs is 1. The molecule has 1 aromatic carbocycles. The molecule has 216 valence electrons. The zero-order chi connectivity index (χ0) is 28.9. The van der Waals surface area contributed by atoms with Gasteiger partial charge in [-0.2, -0.15) is 13.9 Å². The third-order valence-corrected chi connectivity index (χ3v) is 9.51. The number of carbonyl (C=O) groups excluding carboxylic acids is 1. The van der Waals surface area contributed by atoms with Gasteiger partial charge in [0.2, 0.25) is 10.0 Å². The van der Waals surface area contributed by atoms with Crippen LogP contribution in [0.3, 0.4) is 0 Å². The van der Waals surface area contributed by atoms with E-state index in [0.29, 0.717) is 23.3 Å². The summed E-state index contributed by atoms with van der Waals surface area (Å²) in [7, 11) is -8.33. The normalized spacial score (nSPS) is 18.1. The van der Waals surface area contributed by atoms with Crippen molar-refractivity contribution < 1.29 is 44.3 Å². The molecule has 1 atom stereocenters. The number of aromatic nitrogens is 2. The summed E-state index contributed by atoms with van der Waals surface area (Å²) in [6, 6.07) is 2.00. The van der Waals surface area contributed by atoms with E-state index in [2.05, 4.69) is 15.1 Å². The van der Waals surface area contributed by atoms with Gasteiger partial charge >= 0.3 is 12.6 Å². The summed E-state index contributed by atoms with van der Waals surface area (Å²) in [6.07, 6.45) is -0.492. The summed E-state index contributed by atoms with van der Waals surface area (Å²) in [5, 5.41) is 5.30. The Morgan fingerprint density at radius 3 is 2.46 bits per heavy atom. The summed E-state index contributed by atoms with van der Waals surface area (Å²) in [4.78, 5) is 11.7. The van der Waals surface area contributed by atoms with Gasteiger partial charge in [0.05, 0.1) is 29.4 Å². The standard InChI is InChI=1S/C22H28F3N5O7S2/c1-12-18(11-29(28-12)20(24)25)39(34,35)30-10-14(9-26-38(32,33)15-5-6-15)36-19-16(23)7-13(8-17(19)30)27-21(31)37-22(2,3)4/h7-8,11,14-15,20,26H,5-6,9-10H2,1-4H3,(H,27,31). The van der Waals surface area contributed by atoms with Gasteiger partial charge in [0.1, 0.15) is 16.6 Å². The van der Waals surface area contributed by atoms with Gasteiger partial charge in [-0.15, -0.1) is 0 Å². The molecule has 1 amide bonds. The Morgan fingerprint density at radius 1 is 1.23 bits per heavy atom. The van der Waals surface area contributed by atoms with Crippen LogP contribution < -0.4 is 19.1 Å². The van der Waals surface area contributed by atoms with Crippen molar-refractivity contribution in [1.29, 1.82) is 0 Å². The summed E-state index contributed by atoms with van der Waals surface area (Å²) in [6.45, 7) is 2.06. The Balaban J connectivity index is 1.73. The van der Waals surface area contributed by atoms with Gasteiger partial charge < -0.3 is 9.47 Å². The minimum Gasteiger partial charge on any atom is -0.482 e. The molecule has 2 aromatic rings. The fourth-order valence-electron chi connectivity index (χ4n) is 3.84. The molecule has 2 aliphatic rings. The second kappa shape index (κ2) is 10.2. The lowest BCUT2D eigenvalue weighted by Crippen LogP contribution is -2.49. The number of sulfonamides is 2. The molecular weight excluding hydrogens is 567 g/mol. The number of alkyl halides is 2. The highest BCUT2D eigenvalue weighted by Crippen LogP contribution is 2.41. The molecule has 1 aliphatic heterocycles. The highest BCUT2D eigenvalue weighted by molar-refractivity contribution is 7.93. The van der Waals surface area contributed by atoms with Crippen molar-refractivity contribution in [3.8, 4) is 5.75 Å². The number of anilines is 2. The van der Waals surface area contributed by atoms with E-state index in [1.807, 2.05) is 0 Å². The lowest BCUT2D eigenvalue weighted by Gasteiger charge is -2.35. The Morgan fingerprint density at radius 2 is 1.90 bits per heavy atom. The van der Waals surface area contributed by atoms with Crippen molar-refractivity contribution in [2.24, 2.45) is 0 Å². The quantitative estimate of drug-likeness (QED) is 0.473. The fourth-order valence-corrected chi connectivity index (χ4v) is 6.90. The summed E-state index contributed by atoms with van der Waals surface area (Å²) in [5.41, 5.74) is -1.62. The third kappa shape index (κ3) is 6.41. The second-order valence-electron chi connectivity index (χ2n) is 10.1. The Bertz CT molecular complexity index is 1490. The Kier molecular flexibility index (Phi) is 7.54. The molecule has 2 N–H and O–H groups in total. The molecule has 1 aromatic heterocycles. The van der Waals surface area contributed by atoms with Crippen molar-refractivity contribution in [2.45, 2.75) is 68.9 Å². The first-order valence-corrected chi connectivity index (χ1v) is 14.8. The highest BCUT2D eigenvalue weighted by atomic mass is 32.2. The molecule has 1 fully saturated rings. The van der Waals surface area contributed by atoms with E-state index >= 15 is 4.39 Å². The maximum absolute atomic E-state index is 15.3. The Hall–Kier alpha value is -3.05. The summed E-state index contributed by atoms with van der Waals surface area (Å²) in [5.74, 6) is -1.59. The van der Waals surface area contributed by atoms with E-state index in [9.17, 15) is 30.4 Å². The van der Waals surface area contributed by atoms with Gasteiger partial charge in [-0.05, 0) is 46.6 Å². The molecule has 0 spiro atoms. The topological polar surface area (TPSA) is 149 Å². The number of rotatable bonds is 8. The number of nitrogens with zero attached hydrogens (tertiary/aromatic N) is 3. The van der Waals surface area contributed by atoms with Crippen molar-refractivity contribution in [3.05, 3.63) is 29.8 Å². The van der Waals surface area contributed by atoms with E-state index in [1.54, 1.807) is 20.8 Å². The first-order chi connectivity index (χ1) is 18.0. The Labute approximate surface area is 223 Å². The van der Waals surface area contributed by atoms with Crippen LogP contribution >= 0.6 is 0 Å². The maximum atomic E-state index is 15.3. The third-order valence-electron chi connectivity index (χ3n) is 5.71. The number of nitrogens with one attached hydrogen (secondary N) is 2. The summed E-state index contributed by atoms with van der Waals surface area (Å²) >= 11 is 0. The van der Waals surface area contributed by atoms with Crippen LogP contribution in [-0.4, -0.2) is 62.8 Å². The van der Waals surface area contributed by atoms with Crippen molar-refractivity contribution >= 4 is 37.5 Å². The van der Waals surface area contributed by atoms with E-state index < -0.39 is 72.7 Å². The molecule has 0 bridgehead atoms. The summed E-state index contributed by atoms with van der Waals surface area (Å²) < 4.78 is 108. The van der Waals surface area contributed by atoms with Crippen LogP contribution in [0.25, 0.3) is 0 Å². The predicted molar refractivity (Wildman–Crippen MR) is 133 cm³/mol. The second-order valence-corrected chi connectivity index (χ2v) is 14.0. The minimum absolute atomic E-state index is 0.169. The van der Waals surface area contributed by atoms with Crippen molar-refractivity contribution in [3.63, 3.8) is 0 Å². The molecule has 4 rings (SSSR count). The van der Waals surface area contributed by atoms with Crippen molar-refractivity contribution in [2.75, 3.05) is 22.7 Å². The van der Waals surface area contributed by atoms with Gasteiger partial charge in [0.25, 0.3) is 10.0 Å². The minimum atomic E-state index is -4.65. The van der Waals surface area contributed by atoms with E-state index in [1.165, 1.54) is 6.92 Å². The molecule has 17 heteroatoms. The van der Waals surface area contributed by atoms with Crippen LogP contribution in [0.5, 0.6) is 5.75 Å². The molecule has 39 heavy (non-hydrogen) atoms. The van der Waals surface area contributed by atoms with Crippen LogP contribution in [0, 0.1) is 12.7 Å². The zero-order valence-corrected chi connectivity index (χ0v) is 23.1. The average Bonchev–Trinajstić information content (AvgIpc) is 3.58. The van der Waals surface area contributed by atoms with E-state index in [-0.39, 0.29) is 28.3 Å². The van der Waals surface area contributed by atoms with E-state index in [4.69, 9.17) is 9.47 Å². The number of aryl methyl sites for hydroxylation is 1. The molecule has 2 heterocycles. The van der Waals surface area contributed by atoms with Crippen LogP contribution in [0.1, 0.15) is 45.9 Å². The van der Waals surface area contributed by atoms with Crippen LogP contribution in [0.4, 0.5) is 29.3 Å². The lowest BCUT2D eigenvalue weighted by molar-refractivity contribution is 0.0560. The van der Waals surface area contributed by atoms with Gasteiger partial charge in [-0.1, -0.05) is 0 Å². The number of amides is 1. The number of halogens is 3. The van der Waals surface area contributed by atoms with Crippen LogP contribution in [0.15, 0.2) is 23.2 Å². The smallest absolute Gasteiger partial charge is 0.412 e. The number of hydrogen-bond donors (Lipinski definition) is 2. The van der Waals surface area contributed by atoms with Gasteiger partial charge in [0.15, 0.2) is 11.6 Å². The first kappa shape index (κ1) is 28.9. The van der Waals surface area contributed by atoms with E-state index in [0.717, 1.165) is 12.1 Å². The fraction of sp³-hybridized carbons (Fsp3) is 0.545. The SMILES string of the molecule is Cc1nn(C(F)F)cc1S(=O)(=O)N1CC(CNS(=O)(=O)C2CC2)Oc2c(F)cc(NC(=O)OC(C)(C)C)cc21. The molecule has 1 aliphatic carbocycles. The van der Waals surface area contributed by atoms with Crippen LogP contribution in [0.2, 0.25) is 0 Å². The van der Waals surface area contributed by atoms with Crippen LogP contribution in [-0.2, 0) is 24.8 Å². The first-order valence-electron chi connectivity index (χ1n) is 11.8. The number of ether oxygens (including phenoxy) is 2. The van der Waals surface area contributed by atoms with Crippen molar-refractivity contribution in [1.82, 2.24) is 14.5 Å². The molecule has 12 nitrogen and oxygen atoms in total. The predicted octanol–water partition coefficient (Wildman–Crippen LogP) is 3.11. The molecule has 1 unspecified atom stereocenters. The molecule has 0 radical (unpaired) electrons.